The van der Waals surface area contributed by atoms with Crippen molar-refractivity contribution in [2.45, 2.75) is 52.2 Å². The number of aromatic nitrogens is 5. The van der Waals surface area contributed by atoms with Gasteiger partial charge in [-0.25, -0.2) is 19.7 Å². The van der Waals surface area contributed by atoms with E-state index in [9.17, 15) is 14.9 Å². The highest BCUT2D eigenvalue weighted by atomic mass is 16.6. The lowest BCUT2D eigenvalue weighted by atomic mass is 9.98. The molecule has 4 heterocycles. The first-order chi connectivity index (χ1) is 21.6. The van der Waals surface area contributed by atoms with Crippen LogP contribution in [0.15, 0.2) is 71.9 Å². The molecule has 1 amide bonds. The van der Waals surface area contributed by atoms with Gasteiger partial charge in [-0.15, -0.1) is 0 Å². The minimum Gasteiger partial charge on any atom is -0.490 e. The molecule has 6 rings (SSSR count). The number of piperidine rings is 1. The van der Waals surface area contributed by atoms with E-state index in [1.807, 2.05) is 56.4 Å². The van der Waals surface area contributed by atoms with Crippen LogP contribution in [0.25, 0.3) is 28.2 Å². The highest BCUT2D eigenvalue weighted by Crippen LogP contribution is 2.26. The van der Waals surface area contributed by atoms with Gasteiger partial charge in [0.05, 0.1) is 47.7 Å². The number of carbonyl (C=O) groups is 1. The molecular weight excluding hydrogens is 570 g/mol. The second-order valence-corrected chi connectivity index (χ2v) is 12.4. The smallest absolute Gasteiger partial charge is 0.410 e. The number of hydrogen-bond donors (Lipinski definition) is 0. The SMILES string of the molecule is C[C@H](c1cccc(-c2ncc(OCC3CCN(C(=O)OC(C)(C)C)CC3)cn2)c1)n1c(=O)ccn2c3cc(C#N)ccc3nc12. The van der Waals surface area contributed by atoms with Crippen molar-refractivity contribution in [2.24, 2.45) is 5.92 Å². The van der Waals surface area contributed by atoms with Crippen LogP contribution < -0.4 is 10.3 Å². The van der Waals surface area contributed by atoms with Gasteiger partial charge in [0.1, 0.15) is 5.60 Å². The predicted molar refractivity (Wildman–Crippen MR) is 169 cm³/mol. The minimum absolute atomic E-state index is 0.176. The van der Waals surface area contributed by atoms with Crippen molar-refractivity contribution < 1.29 is 14.3 Å². The summed E-state index contributed by atoms with van der Waals surface area (Å²) < 4.78 is 15.0. The first kappa shape index (κ1) is 29.8. The number of benzene rings is 2. The summed E-state index contributed by atoms with van der Waals surface area (Å²) in [6.45, 7) is 9.39. The zero-order valence-electron chi connectivity index (χ0n) is 25.8. The van der Waals surface area contributed by atoms with Crippen molar-refractivity contribution in [3.8, 4) is 23.2 Å². The van der Waals surface area contributed by atoms with E-state index in [1.165, 1.54) is 6.07 Å². The number of nitriles is 1. The average Bonchev–Trinajstić information content (AvgIpc) is 3.40. The summed E-state index contributed by atoms with van der Waals surface area (Å²) >= 11 is 0. The van der Waals surface area contributed by atoms with Crippen molar-refractivity contribution in [1.29, 1.82) is 5.26 Å². The number of likely N-dealkylation sites (tertiary alicyclic amines) is 1. The van der Waals surface area contributed by atoms with Crippen molar-refractivity contribution in [1.82, 2.24) is 28.8 Å². The summed E-state index contributed by atoms with van der Waals surface area (Å²) in [5, 5.41) is 9.34. The Hall–Kier alpha value is -5.24. The van der Waals surface area contributed by atoms with Gasteiger partial charge in [-0.2, -0.15) is 5.26 Å². The summed E-state index contributed by atoms with van der Waals surface area (Å²) in [4.78, 5) is 41.0. The fourth-order valence-corrected chi connectivity index (χ4v) is 5.60. The van der Waals surface area contributed by atoms with E-state index in [-0.39, 0.29) is 17.7 Å². The fourth-order valence-electron chi connectivity index (χ4n) is 5.60. The molecule has 3 aromatic heterocycles. The Labute approximate surface area is 260 Å². The minimum atomic E-state index is -0.502. The Morgan fingerprint density at radius 3 is 2.56 bits per heavy atom. The van der Waals surface area contributed by atoms with Crippen molar-refractivity contribution in [3.05, 3.63) is 88.6 Å². The summed E-state index contributed by atoms with van der Waals surface area (Å²) in [5.41, 5.74) is 3.03. The normalized spacial score (nSPS) is 14.8. The standard InChI is InChI=1S/C34H35N7O4/c1-22(41-30(42)12-15-40-29-16-24(18-35)8-9-28(29)38-32(40)41)25-6-5-7-26(17-25)31-36-19-27(20-37-31)44-21-23-10-13-39(14-11-23)33(43)45-34(2,3)4/h5-9,12,15-17,19-20,22-23H,10-11,13-14,21H2,1-4H3/t22-/m1/s1. The van der Waals surface area contributed by atoms with Crippen molar-refractivity contribution in [2.75, 3.05) is 19.7 Å². The third-order valence-corrected chi connectivity index (χ3v) is 8.01. The number of fused-ring (bicyclic) bond motifs is 3. The van der Waals surface area contributed by atoms with Gasteiger partial charge < -0.3 is 14.4 Å². The van der Waals surface area contributed by atoms with Gasteiger partial charge in [0.2, 0.25) is 5.78 Å². The topological polar surface area (TPSA) is 128 Å². The second-order valence-electron chi connectivity index (χ2n) is 12.4. The fraction of sp³-hybridized carbons (Fsp3) is 0.353. The van der Waals surface area contributed by atoms with E-state index in [1.54, 1.807) is 46.3 Å². The van der Waals surface area contributed by atoms with Crippen LogP contribution in [-0.4, -0.2) is 60.2 Å². The van der Waals surface area contributed by atoms with Gasteiger partial charge in [0, 0.05) is 30.9 Å². The molecule has 11 heteroatoms. The lowest BCUT2D eigenvalue weighted by Gasteiger charge is -2.33. The summed E-state index contributed by atoms with van der Waals surface area (Å²) in [6.07, 6.45) is 6.46. The number of carbonyl (C=O) groups excluding carboxylic acids is 1. The van der Waals surface area contributed by atoms with Crippen LogP contribution in [0.5, 0.6) is 5.75 Å². The van der Waals surface area contributed by atoms with Crippen LogP contribution in [-0.2, 0) is 4.74 Å². The molecule has 0 aliphatic carbocycles. The molecule has 5 aromatic rings. The van der Waals surface area contributed by atoms with E-state index >= 15 is 0 Å². The molecule has 1 aliphatic rings. The summed E-state index contributed by atoms with van der Waals surface area (Å²) in [5.74, 6) is 1.96. The van der Waals surface area contributed by atoms with Crippen LogP contribution in [0.1, 0.15) is 57.7 Å². The average molecular weight is 606 g/mol. The summed E-state index contributed by atoms with van der Waals surface area (Å²) in [7, 11) is 0. The zero-order valence-corrected chi connectivity index (χ0v) is 25.8. The van der Waals surface area contributed by atoms with E-state index in [4.69, 9.17) is 14.5 Å². The molecule has 1 fully saturated rings. The number of imidazole rings is 1. The summed E-state index contributed by atoms with van der Waals surface area (Å²) in [6, 6.07) is 16.4. The van der Waals surface area contributed by atoms with Crippen molar-refractivity contribution in [3.63, 3.8) is 0 Å². The second kappa shape index (κ2) is 12.0. The number of amides is 1. The Morgan fingerprint density at radius 1 is 1.09 bits per heavy atom. The third-order valence-electron chi connectivity index (χ3n) is 8.01. The van der Waals surface area contributed by atoms with E-state index in [0.717, 1.165) is 29.5 Å². The molecule has 0 unspecified atom stereocenters. The molecule has 230 valence electrons. The molecular formula is C34H35N7O4. The number of ether oxygens (including phenoxy) is 2. The van der Waals surface area contributed by atoms with Gasteiger partial charge in [-0.05, 0) is 76.3 Å². The maximum atomic E-state index is 13.1. The molecule has 2 aromatic carbocycles. The zero-order chi connectivity index (χ0) is 31.7. The highest BCUT2D eigenvalue weighted by Gasteiger charge is 2.27. The molecule has 45 heavy (non-hydrogen) atoms. The lowest BCUT2D eigenvalue weighted by molar-refractivity contribution is 0.0165. The van der Waals surface area contributed by atoms with E-state index in [2.05, 4.69) is 16.0 Å². The van der Waals surface area contributed by atoms with Gasteiger partial charge in [-0.1, -0.05) is 18.2 Å². The largest absolute Gasteiger partial charge is 0.490 e. The van der Waals surface area contributed by atoms with Gasteiger partial charge in [-0.3, -0.25) is 13.8 Å². The van der Waals surface area contributed by atoms with E-state index in [0.29, 0.717) is 54.0 Å². The molecule has 0 N–H and O–H groups in total. The van der Waals surface area contributed by atoms with Crippen LogP contribution in [0.2, 0.25) is 0 Å². The first-order valence-corrected chi connectivity index (χ1v) is 15.1. The van der Waals surface area contributed by atoms with Crippen LogP contribution in [0.4, 0.5) is 4.79 Å². The quantitative estimate of drug-likeness (QED) is 0.244. The van der Waals surface area contributed by atoms with Crippen molar-refractivity contribution >= 4 is 22.9 Å². The first-order valence-electron chi connectivity index (χ1n) is 15.1. The number of nitrogens with zero attached hydrogens (tertiary/aromatic N) is 7. The predicted octanol–water partition coefficient (Wildman–Crippen LogP) is 5.61. The van der Waals surface area contributed by atoms with Gasteiger partial charge >= 0.3 is 6.09 Å². The highest BCUT2D eigenvalue weighted by molar-refractivity contribution is 5.81. The molecule has 0 spiro atoms. The Kier molecular flexibility index (Phi) is 7.97. The Bertz CT molecular complexity index is 1960. The van der Waals surface area contributed by atoms with E-state index < -0.39 is 5.60 Å². The monoisotopic (exact) mass is 605 g/mol. The number of rotatable bonds is 6. The van der Waals surface area contributed by atoms with Gasteiger partial charge in [0.15, 0.2) is 11.6 Å². The molecule has 1 atom stereocenters. The molecule has 11 nitrogen and oxygen atoms in total. The molecule has 0 radical (unpaired) electrons. The van der Waals surface area contributed by atoms with Crippen LogP contribution in [0, 0.1) is 17.2 Å². The van der Waals surface area contributed by atoms with Crippen LogP contribution >= 0.6 is 0 Å². The maximum Gasteiger partial charge on any atom is 0.410 e. The maximum absolute atomic E-state index is 13.1. The Balaban J connectivity index is 1.13. The number of hydrogen-bond acceptors (Lipinski definition) is 8. The van der Waals surface area contributed by atoms with Crippen LogP contribution in [0.3, 0.4) is 0 Å². The van der Waals surface area contributed by atoms with Gasteiger partial charge in [0.25, 0.3) is 5.56 Å². The molecule has 0 saturated carbocycles. The molecule has 1 saturated heterocycles. The molecule has 1 aliphatic heterocycles. The lowest BCUT2D eigenvalue weighted by Crippen LogP contribution is -2.42. The third kappa shape index (κ3) is 6.36. The molecule has 0 bridgehead atoms. The Morgan fingerprint density at radius 2 is 1.84 bits per heavy atom.